The number of rotatable bonds is 0. The van der Waals surface area contributed by atoms with Gasteiger partial charge in [0.15, 0.2) is 0 Å². The number of hydrogen-bond acceptors (Lipinski definition) is 2. The minimum Gasteiger partial charge on any atom is -0.398 e. The van der Waals surface area contributed by atoms with Gasteiger partial charge in [0, 0.05) is 0 Å². The van der Waals surface area contributed by atoms with Gasteiger partial charge in [-0.1, -0.05) is 17.7 Å². The number of nitriles is 1. The Labute approximate surface area is 70.2 Å². The molecule has 0 bridgehead atoms. The van der Waals surface area contributed by atoms with Crippen LogP contribution in [0, 0.1) is 18.3 Å². The fourth-order valence-corrected chi connectivity index (χ4v) is 1.02. The zero-order chi connectivity index (χ0) is 8.43. The highest BCUT2D eigenvalue weighted by molar-refractivity contribution is 6.32. The molecule has 0 fully saturated rings. The molecule has 11 heavy (non-hydrogen) atoms. The molecule has 1 rings (SSSR count). The number of benzene rings is 1. The van der Waals surface area contributed by atoms with Crippen LogP contribution in [-0.2, 0) is 0 Å². The van der Waals surface area contributed by atoms with E-state index in [4.69, 9.17) is 22.6 Å². The third-order valence-corrected chi connectivity index (χ3v) is 1.97. The van der Waals surface area contributed by atoms with Gasteiger partial charge in [0.25, 0.3) is 0 Å². The maximum absolute atomic E-state index is 8.61. The Morgan fingerprint density at radius 1 is 1.55 bits per heavy atom. The Morgan fingerprint density at radius 3 is 2.64 bits per heavy atom. The molecule has 0 aliphatic rings. The van der Waals surface area contributed by atoms with E-state index < -0.39 is 0 Å². The fraction of sp³-hybridized carbons (Fsp3) is 0.125. The molecule has 2 N–H and O–H groups in total. The molecule has 2 nitrogen and oxygen atoms in total. The average Bonchev–Trinajstić information content (AvgIpc) is 1.99. The third-order valence-electron chi connectivity index (χ3n) is 1.48. The first kappa shape index (κ1) is 7.90. The van der Waals surface area contributed by atoms with Gasteiger partial charge < -0.3 is 5.73 Å². The molecule has 0 spiro atoms. The molecule has 0 saturated heterocycles. The van der Waals surface area contributed by atoms with E-state index in [0.29, 0.717) is 16.3 Å². The van der Waals surface area contributed by atoms with Crippen LogP contribution in [0.2, 0.25) is 5.02 Å². The highest BCUT2D eigenvalue weighted by Gasteiger charge is 2.05. The van der Waals surface area contributed by atoms with Crippen LogP contribution in [0.1, 0.15) is 11.1 Å². The van der Waals surface area contributed by atoms with Crippen LogP contribution in [0.4, 0.5) is 5.69 Å². The van der Waals surface area contributed by atoms with Crippen molar-refractivity contribution in [2.45, 2.75) is 6.92 Å². The number of aryl methyl sites for hydroxylation is 1. The number of nitrogens with zero attached hydrogens (tertiary/aromatic N) is 1. The van der Waals surface area contributed by atoms with E-state index in [0.717, 1.165) is 5.56 Å². The normalized spacial score (nSPS) is 9.18. The zero-order valence-corrected chi connectivity index (χ0v) is 6.81. The van der Waals surface area contributed by atoms with Crippen molar-refractivity contribution in [1.29, 1.82) is 5.26 Å². The molecule has 0 unspecified atom stereocenters. The standard InChI is InChI=1S/C8H7ClN2/c1-5-2-3-7(11)6(4-10)8(5)9/h2-3H,11H2,1H3. The fourth-order valence-electron chi connectivity index (χ4n) is 0.809. The Hall–Kier alpha value is -1.20. The second kappa shape index (κ2) is 2.81. The first-order valence-corrected chi connectivity index (χ1v) is 3.49. The maximum atomic E-state index is 8.61. The van der Waals surface area contributed by atoms with Gasteiger partial charge in [0.05, 0.1) is 16.3 Å². The molecule has 1 aromatic carbocycles. The lowest BCUT2D eigenvalue weighted by Crippen LogP contribution is -1.92. The molecule has 1 aromatic rings. The zero-order valence-electron chi connectivity index (χ0n) is 6.06. The Kier molecular flexibility index (Phi) is 2.02. The summed E-state index contributed by atoms with van der Waals surface area (Å²) < 4.78 is 0. The molecular formula is C8H7ClN2. The molecule has 56 valence electrons. The lowest BCUT2D eigenvalue weighted by Gasteiger charge is -2.01. The van der Waals surface area contributed by atoms with E-state index in [2.05, 4.69) is 0 Å². The van der Waals surface area contributed by atoms with E-state index in [9.17, 15) is 0 Å². The third kappa shape index (κ3) is 1.28. The summed E-state index contributed by atoms with van der Waals surface area (Å²) in [5.41, 5.74) is 7.17. The van der Waals surface area contributed by atoms with Crippen LogP contribution in [0.15, 0.2) is 12.1 Å². The lowest BCUT2D eigenvalue weighted by molar-refractivity contribution is 1.42. The minimum atomic E-state index is 0.367. The van der Waals surface area contributed by atoms with E-state index in [1.807, 2.05) is 13.0 Å². The number of hydrogen-bond donors (Lipinski definition) is 1. The molecular weight excluding hydrogens is 160 g/mol. The second-order valence-corrected chi connectivity index (χ2v) is 2.65. The van der Waals surface area contributed by atoms with Crippen molar-refractivity contribution in [3.63, 3.8) is 0 Å². The van der Waals surface area contributed by atoms with Gasteiger partial charge in [-0.05, 0) is 18.6 Å². The van der Waals surface area contributed by atoms with Crippen LogP contribution >= 0.6 is 11.6 Å². The molecule has 3 heteroatoms. The molecule has 0 heterocycles. The van der Waals surface area contributed by atoms with Crippen LogP contribution in [0.25, 0.3) is 0 Å². The largest absolute Gasteiger partial charge is 0.398 e. The summed E-state index contributed by atoms with van der Waals surface area (Å²) in [5, 5.41) is 9.06. The molecule has 0 aliphatic carbocycles. The highest BCUT2D eigenvalue weighted by atomic mass is 35.5. The van der Waals surface area contributed by atoms with Crippen molar-refractivity contribution in [3.05, 3.63) is 28.3 Å². The Balaban J connectivity index is 3.44. The van der Waals surface area contributed by atoms with Crippen molar-refractivity contribution in [1.82, 2.24) is 0 Å². The van der Waals surface area contributed by atoms with Crippen LogP contribution in [-0.4, -0.2) is 0 Å². The summed E-state index contributed by atoms with van der Waals surface area (Å²) in [7, 11) is 0. The molecule has 0 aliphatic heterocycles. The second-order valence-electron chi connectivity index (χ2n) is 2.27. The van der Waals surface area contributed by atoms with Gasteiger partial charge in [-0.25, -0.2) is 0 Å². The quantitative estimate of drug-likeness (QED) is 0.600. The topological polar surface area (TPSA) is 49.8 Å². The predicted octanol–water partition coefficient (Wildman–Crippen LogP) is 2.10. The van der Waals surface area contributed by atoms with Gasteiger partial charge in [-0.2, -0.15) is 5.26 Å². The van der Waals surface area contributed by atoms with Crippen molar-refractivity contribution in [3.8, 4) is 6.07 Å². The smallest absolute Gasteiger partial charge is 0.103 e. The van der Waals surface area contributed by atoms with Crippen molar-refractivity contribution >= 4 is 17.3 Å². The van der Waals surface area contributed by atoms with Gasteiger partial charge >= 0.3 is 0 Å². The average molecular weight is 167 g/mol. The number of nitrogens with two attached hydrogens (primary N) is 1. The summed E-state index contributed by atoms with van der Waals surface area (Å²) >= 11 is 5.80. The van der Waals surface area contributed by atoms with Crippen molar-refractivity contribution in [2.24, 2.45) is 0 Å². The van der Waals surface area contributed by atoms with Gasteiger partial charge in [0.2, 0.25) is 0 Å². The van der Waals surface area contributed by atoms with E-state index >= 15 is 0 Å². The summed E-state index contributed by atoms with van der Waals surface area (Å²) in [6, 6.07) is 5.42. The summed E-state index contributed by atoms with van der Waals surface area (Å²) in [6.45, 7) is 1.84. The van der Waals surface area contributed by atoms with E-state index in [1.165, 1.54) is 0 Å². The molecule has 0 amide bonds. The van der Waals surface area contributed by atoms with Crippen LogP contribution < -0.4 is 5.73 Å². The Bertz CT molecular complexity index is 326. The molecule has 0 aromatic heterocycles. The molecule has 0 radical (unpaired) electrons. The van der Waals surface area contributed by atoms with Crippen molar-refractivity contribution in [2.75, 3.05) is 5.73 Å². The molecule has 0 saturated carbocycles. The van der Waals surface area contributed by atoms with Crippen LogP contribution in [0.3, 0.4) is 0 Å². The van der Waals surface area contributed by atoms with Crippen LogP contribution in [0.5, 0.6) is 0 Å². The summed E-state index contributed by atoms with van der Waals surface area (Å²) in [4.78, 5) is 0. The summed E-state index contributed by atoms with van der Waals surface area (Å²) in [5.74, 6) is 0. The minimum absolute atomic E-state index is 0.367. The van der Waals surface area contributed by atoms with Gasteiger partial charge in [-0.15, -0.1) is 0 Å². The number of anilines is 1. The number of halogens is 1. The maximum Gasteiger partial charge on any atom is 0.103 e. The first-order valence-electron chi connectivity index (χ1n) is 3.11. The first-order chi connectivity index (χ1) is 5.16. The Morgan fingerprint density at radius 2 is 2.18 bits per heavy atom. The van der Waals surface area contributed by atoms with Crippen molar-refractivity contribution < 1.29 is 0 Å². The lowest BCUT2D eigenvalue weighted by atomic mass is 10.1. The van der Waals surface area contributed by atoms with Gasteiger partial charge in [0.1, 0.15) is 6.07 Å². The van der Waals surface area contributed by atoms with Gasteiger partial charge in [-0.3, -0.25) is 0 Å². The highest BCUT2D eigenvalue weighted by Crippen LogP contribution is 2.24. The van der Waals surface area contributed by atoms with E-state index in [1.54, 1.807) is 12.1 Å². The SMILES string of the molecule is Cc1ccc(N)c(C#N)c1Cl. The monoisotopic (exact) mass is 166 g/mol. The predicted molar refractivity (Wildman–Crippen MR) is 45.3 cm³/mol. The summed E-state index contributed by atoms with van der Waals surface area (Å²) in [6.07, 6.45) is 0. The van der Waals surface area contributed by atoms with E-state index in [-0.39, 0.29) is 0 Å². The molecule has 0 atom stereocenters. The number of nitrogen functional groups attached to an aromatic ring is 1.